The van der Waals surface area contributed by atoms with Gasteiger partial charge in [0.15, 0.2) is 11.7 Å². The lowest BCUT2D eigenvalue weighted by Gasteiger charge is -2.31. The smallest absolute Gasteiger partial charge is 0.391 e. The van der Waals surface area contributed by atoms with E-state index >= 15 is 0 Å². The quantitative estimate of drug-likeness (QED) is 0.371. The molecular weight excluding hydrogens is 373 g/mol. The Hall–Kier alpha value is -2.19. The predicted molar refractivity (Wildman–Crippen MR) is 101 cm³/mol. The fourth-order valence-electron chi connectivity index (χ4n) is 3.29. The highest BCUT2D eigenvalue weighted by molar-refractivity contribution is 5.92. The molecule has 2 unspecified atom stereocenters. The van der Waals surface area contributed by atoms with Crippen molar-refractivity contribution in [3.8, 4) is 0 Å². The highest BCUT2D eigenvalue weighted by atomic mass is 19.4. The number of rotatable bonds is 7. The third-order valence-corrected chi connectivity index (χ3v) is 4.78. The van der Waals surface area contributed by atoms with Crippen LogP contribution in [0.5, 0.6) is 0 Å². The molecule has 0 aromatic carbocycles. The SMILES string of the molecule is CCNC(=NCCCNC(=O)c1occc1C)NC1CCCC(C(F)(F)F)C1. The van der Waals surface area contributed by atoms with Crippen LogP contribution in [0.3, 0.4) is 0 Å². The molecule has 2 rings (SSSR count). The van der Waals surface area contributed by atoms with Crippen molar-refractivity contribution in [2.24, 2.45) is 10.9 Å². The molecule has 158 valence electrons. The van der Waals surface area contributed by atoms with Crippen LogP contribution < -0.4 is 16.0 Å². The number of carbonyl (C=O) groups is 1. The summed E-state index contributed by atoms with van der Waals surface area (Å²) in [5.74, 6) is -0.697. The minimum absolute atomic E-state index is 0.0759. The summed E-state index contributed by atoms with van der Waals surface area (Å²) in [5.41, 5.74) is 0.777. The van der Waals surface area contributed by atoms with Crippen molar-refractivity contribution in [3.63, 3.8) is 0 Å². The molecule has 0 saturated heterocycles. The molecule has 3 N–H and O–H groups in total. The van der Waals surface area contributed by atoms with Crippen LogP contribution in [0, 0.1) is 12.8 Å². The largest absolute Gasteiger partial charge is 0.459 e. The lowest BCUT2D eigenvalue weighted by molar-refractivity contribution is -0.183. The third-order valence-electron chi connectivity index (χ3n) is 4.78. The zero-order chi connectivity index (χ0) is 20.6. The van der Waals surface area contributed by atoms with Crippen LogP contribution in [-0.4, -0.2) is 43.7 Å². The zero-order valence-electron chi connectivity index (χ0n) is 16.4. The lowest BCUT2D eigenvalue weighted by atomic mass is 9.85. The van der Waals surface area contributed by atoms with Gasteiger partial charge in [0.2, 0.25) is 0 Å². The van der Waals surface area contributed by atoms with Gasteiger partial charge in [-0.2, -0.15) is 13.2 Å². The van der Waals surface area contributed by atoms with Crippen molar-refractivity contribution in [1.29, 1.82) is 0 Å². The van der Waals surface area contributed by atoms with Gasteiger partial charge >= 0.3 is 6.18 Å². The number of carbonyl (C=O) groups excluding carboxylic acids is 1. The molecule has 1 saturated carbocycles. The Kier molecular flexibility index (Phi) is 8.19. The molecule has 28 heavy (non-hydrogen) atoms. The minimum Gasteiger partial charge on any atom is -0.459 e. The van der Waals surface area contributed by atoms with Gasteiger partial charge in [0, 0.05) is 31.2 Å². The molecule has 6 nitrogen and oxygen atoms in total. The van der Waals surface area contributed by atoms with E-state index in [1.807, 2.05) is 6.92 Å². The summed E-state index contributed by atoms with van der Waals surface area (Å²) >= 11 is 0. The molecule has 0 bridgehead atoms. The standard InChI is InChI=1S/C19H29F3N4O2/c1-3-23-18(26-15-7-4-6-14(12-15)19(20,21)22)25-10-5-9-24-17(27)16-13(2)8-11-28-16/h8,11,14-15H,3-7,9-10,12H2,1-2H3,(H,24,27)(H2,23,25,26). The second-order valence-corrected chi connectivity index (χ2v) is 7.05. The molecule has 0 spiro atoms. The number of aryl methyl sites for hydroxylation is 1. The van der Waals surface area contributed by atoms with Gasteiger partial charge in [0.1, 0.15) is 0 Å². The molecule has 0 aliphatic heterocycles. The molecular formula is C19H29F3N4O2. The van der Waals surface area contributed by atoms with Crippen LogP contribution in [0.2, 0.25) is 0 Å². The van der Waals surface area contributed by atoms with Crippen molar-refractivity contribution in [3.05, 3.63) is 23.7 Å². The average molecular weight is 402 g/mol. The number of guanidine groups is 1. The number of nitrogens with one attached hydrogen (secondary N) is 3. The maximum absolute atomic E-state index is 13.0. The first-order valence-electron chi connectivity index (χ1n) is 9.75. The molecule has 9 heteroatoms. The monoisotopic (exact) mass is 402 g/mol. The first kappa shape index (κ1) is 22.1. The predicted octanol–water partition coefficient (Wildman–Crippen LogP) is 3.38. The summed E-state index contributed by atoms with van der Waals surface area (Å²) in [7, 11) is 0. The maximum atomic E-state index is 13.0. The van der Waals surface area contributed by atoms with Crippen LogP contribution in [0.25, 0.3) is 0 Å². The van der Waals surface area contributed by atoms with Crippen LogP contribution in [0.15, 0.2) is 21.7 Å². The van der Waals surface area contributed by atoms with Gasteiger partial charge in [0.25, 0.3) is 5.91 Å². The zero-order valence-corrected chi connectivity index (χ0v) is 16.4. The first-order chi connectivity index (χ1) is 13.3. The number of furan rings is 1. The van der Waals surface area contributed by atoms with Crippen molar-refractivity contribution in [2.45, 2.75) is 58.2 Å². The van der Waals surface area contributed by atoms with E-state index in [4.69, 9.17) is 4.42 Å². The Balaban J connectivity index is 1.77. The van der Waals surface area contributed by atoms with Crippen molar-refractivity contribution in [1.82, 2.24) is 16.0 Å². The van der Waals surface area contributed by atoms with E-state index in [-0.39, 0.29) is 24.8 Å². The number of hydrogen-bond acceptors (Lipinski definition) is 3. The molecule has 1 aliphatic rings. The molecule has 1 aromatic rings. The normalized spacial score (nSPS) is 20.7. The first-order valence-corrected chi connectivity index (χ1v) is 9.75. The molecule has 1 heterocycles. The van der Waals surface area contributed by atoms with Crippen molar-refractivity contribution in [2.75, 3.05) is 19.6 Å². The van der Waals surface area contributed by atoms with E-state index in [9.17, 15) is 18.0 Å². The Morgan fingerprint density at radius 3 is 2.75 bits per heavy atom. The highest BCUT2D eigenvalue weighted by Gasteiger charge is 2.42. The van der Waals surface area contributed by atoms with Crippen LogP contribution in [0.1, 0.15) is 55.1 Å². The number of alkyl halides is 3. The third kappa shape index (κ3) is 6.76. The lowest BCUT2D eigenvalue weighted by Crippen LogP contribution is -2.46. The van der Waals surface area contributed by atoms with Crippen molar-refractivity contribution < 1.29 is 22.4 Å². The Bertz CT molecular complexity index is 658. The summed E-state index contributed by atoms with van der Waals surface area (Å²) in [6.45, 7) is 5.20. The number of nitrogens with zero attached hydrogens (tertiary/aromatic N) is 1. The van der Waals surface area contributed by atoms with E-state index in [2.05, 4.69) is 20.9 Å². The van der Waals surface area contributed by atoms with Gasteiger partial charge in [-0.15, -0.1) is 0 Å². The van der Waals surface area contributed by atoms with Crippen LogP contribution in [-0.2, 0) is 0 Å². The summed E-state index contributed by atoms with van der Waals surface area (Å²) < 4.78 is 44.0. The summed E-state index contributed by atoms with van der Waals surface area (Å²) in [5, 5.41) is 8.96. The Morgan fingerprint density at radius 1 is 1.32 bits per heavy atom. The van der Waals surface area contributed by atoms with E-state index in [0.717, 1.165) is 5.56 Å². The van der Waals surface area contributed by atoms with Gasteiger partial charge in [-0.3, -0.25) is 9.79 Å². The average Bonchev–Trinajstić information content (AvgIpc) is 3.07. The van der Waals surface area contributed by atoms with Crippen molar-refractivity contribution >= 4 is 11.9 Å². The van der Waals surface area contributed by atoms with Gasteiger partial charge in [-0.05, 0) is 45.6 Å². The van der Waals surface area contributed by atoms with Crippen LogP contribution in [0.4, 0.5) is 13.2 Å². The number of halogens is 3. The fraction of sp³-hybridized carbons (Fsp3) is 0.684. The van der Waals surface area contributed by atoms with E-state index < -0.39 is 12.1 Å². The molecule has 2 atom stereocenters. The number of aliphatic imine (C=N–C) groups is 1. The van der Waals surface area contributed by atoms with E-state index in [1.165, 1.54) is 6.26 Å². The van der Waals surface area contributed by atoms with E-state index in [0.29, 0.717) is 50.6 Å². The van der Waals surface area contributed by atoms with Gasteiger partial charge in [0.05, 0.1) is 12.2 Å². The molecule has 1 aliphatic carbocycles. The molecule has 1 amide bonds. The summed E-state index contributed by atoms with van der Waals surface area (Å²) in [4.78, 5) is 16.4. The molecule has 1 aromatic heterocycles. The topological polar surface area (TPSA) is 78.7 Å². The summed E-state index contributed by atoms with van der Waals surface area (Å²) in [6, 6.07) is 1.49. The highest BCUT2D eigenvalue weighted by Crippen LogP contribution is 2.37. The van der Waals surface area contributed by atoms with Gasteiger partial charge in [-0.1, -0.05) is 6.42 Å². The molecule has 1 fully saturated rings. The summed E-state index contributed by atoms with van der Waals surface area (Å²) in [6.07, 6.45) is -0.526. The van der Waals surface area contributed by atoms with Gasteiger partial charge in [-0.25, -0.2) is 0 Å². The number of amides is 1. The van der Waals surface area contributed by atoms with E-state index in [1.54, 1.807) is 13.0 Å². The van der Waals surface area contributed by atoms with Gasteiger partial charge < -0.3 is 20.4 Å². The van der Waals surface area contributed by atoms with Crippen LogP contribution >= 0.6 is 0 Å². The maximum Gasteiger partial charge on any atom is 0.391 e. The second kappa shape index (κ2) is 10.4. The second-order valence-electron chi connectivity index (χ2n) is 7.05. The fourth-order valence-corrected chi connectivity index (χ4v) is 3.29. The Labute approximate surface area is 163 Å². The Morgan fingerprint density at radius 2 is 2.11 bits per heavy atom. The number of hydrogen-bond donors (Lipinski definition) is 3. The molecule has 0 radical (unpaired) electrons. The minimum atomic E-state index is -4.14.